The Balaban J connectivity index is 1.87. The maximum atomic E-state index is 11.7. The summed E-state index contributed by atoms with van der Waals surface area (Å²) in [6.45, 7) is 4.08. The summed E-state index contributed by atoms with van der Waals surface area (Å²) in [6, 6.07) is 8.72. The van der Waals surface area contributed by atoms with Crippen LogP contribution in [-0.4, -0.2) is 11.6 Å². The molecule has 1 aliphatic carbocycles. The summed E-state index contributed by atoms with van der Waals surface area (Å²) in [4.78, 5) is 11.7. The number of carbonyl (C=O) groups is 1. The molecule has 3 heteroatoms. The summed E-state index contributed by atoms with van der Waals surface area (Å²) in [5.41, 5.74) is 6.06. The Bertz CT molecular complexity index is 513. The second-order valence-corrected chi connectivity index (χ2v) is 6.65. The van der Waals surface area contributed by atoms with Crippen LogP contribution >= 0.6 is 0 Å². The van der Waals surface area contributed by atoms with Crippen molar-refractivity contribution in [3.05, 3.63) is 35.4 Å². The lowest BCUT2D eigenvalue weighted by Crippen LogP contribution is -2.18. The van der Waals surface area contributed by atoms with E-state index in [2.05, 4.69) is 41.7 Å². The molecule has 0 bridgehead atoms. The molecule has 1 aliphatic rings. The molecule has 3 nitrogen and oxygen atoms in total. The molecule has 126 valence electrons. The maximum Gasteiger partial charge on any atom is 0.240 e. The summed E-state index contributed by atoms with van der Waals surface area (Å²) in [6.07, 6.45) is 10.5. The van der Waals surface area contributed by atoms with Gasteiger partial charge in [-0.3, -0.25) is 4.79 Å². The highest BCUT2D eigenvalue weighted by atomic mass is 16.2. The molecule has 1 amide bonds. The molecule has 2 rings (SSSR count). The van der Waals surface area contributed by atoms with E-state index >= 15 is 0 Å². The highest BCUT2D eigenvalue weighted by Crippen LogP contribution is 2.32. The van der Waals surface area contributed by atoms with Gasteiger partial charge < -0.3 is 0 Å². The van der Waals surface area contributed by atoms with E-state index in [4.69, 9.17) is 0 Å². The Hall–Kier alpha value is -1.64. The highest BCUT2D eigenvalue weighted by molar-refractivity contribution is 5.99. The Kier molecular flexibility index (Phi) is 7.31. The zero-order valence-corrected chi connectivity index (χ0v) is 14.6. The lowest BCUT2D eigenvalue weighted by Gasteiger charge is -2.22. The van der Waals surface area contributed by atoms with Crippen molar-refractivity contribution in [1.29, 1.82) is 0 Å². The van der Waals surface area contributed by atoms with Gasteiger partial charge in [-0.15, -0.1) is 0 Å². The lowest BCUT2D eigenvalue weighted by molar-refractivity contribution is -0.121. The van der Waals surface area contributed by atoms with Gasteiger partial charge in [0, 0.05) is 6.42 Å². The van der Waals surface area contributed by atoms with E-state index in [1.807, 2.05) is 6.92 Å². The van der Waals surface area contributed by atoms with Crippen LogP contribution in [0.15, 0.2) is 29.4 Å². The molecular weight excluding hydrogens is 284 g/mol. The second kappa shape index (κ2) is 9.49. The first-order valence-electron chi connectivity index (χ1n) is 9.14. The molecule has 0 unspecified atom stereocenters. The van der Waals surface area contributed by atoms with Crippen LogP contribution < -0.4 is 5.43 Å². The molecule has 0 heterocycles. The lowest BCUT2D eigenvalue weighted by atomic mass is 9.84. The number of amides is 1. The van der Waals surface area contributed by atoms with Crippen molar-refractivity contribution < 1.29 is 4.79 Å². The Labute approximate surface area is 140 Å². The molecular formula is C20H30N2O. The van der Waals surface area contributed by atoms with Crippen molar-refractivity contribution in [3.63, 3.8) is 0 Å². The number of nitrogens with one attached hydrogen (secondary N) is 1. The number of rotatable bonds is 7. The zero-order valence-electron chi connectivity index (χ0n) is 14.6. The number of carbonyl (C=O) groups excluding carboxylic acids is 1. The third-order valence-electron chi connectivity index (χ3n) is 4.76. The molecule has 23 heavy (non-hydrogen) atoms. The Morgan fingerprint density at radius 2 is 1.83 bits per heavy atom. The minimum Gasteiger partial charge on any atom is -0.273 e. The van der Waals surface area contributed by atoms with E-state index in [1.54, 1.807) is 0 Å². The first-order valence-corrected chi connectivity index (χ1v) is 9.14. The minimum atomic E-state index is 0.0108. The van der Waals surface area contributed by atoms with Crippen LogP contribution in [0.3, 0.4) is 0 Å². The Morgan fingerprint density at radius 1 is 1.13 bits per heavy atom. The Morgan fingerprint density at radius 3 is 2.48 bits per heavy atom. The van der Waals surface area contributed by atoms with E-state index in [0.717, 1.165) is 36.5 Å². The molecule has 1 aromatic carbocycles. The largest absolute Gasteiger partial charge is 0.273 e. The van der Waals surface area contributed by atoms with Crippen LogP contribution in [0.1, 0.15) is 88.7 Å². The van der Waals surface area contributed by atoms with Gasteiger partial charge in [0.25, 0.3) is 0 Å². The topological polar surface area (TPSA) is 41.5 Å². The average Bonchev–Trinajstić information content (AvgIpc) is 2.61. The summed E-state index contributed by atoms with van der Waals surface area (Å²) >= 11 is 0. The number of nitrogens with zero attached hydrogens (tertiary/aromatic N) is 1. The highest BCUT2D eigenvalue weighted by Gasteiger charge is 2.15. The first-order chi connectivity index (χ1) is 11.2. The summed E-state index contributed by atoms with van der Waals surface area (Å²) in [5, 5.41) is 4.23. The van der Waals surface area contributed by atoms with Crippen LogP contribution in [0, 0.1) is 0 Å². The van der Waals surface area contributed by atoms with Crippen molar-refractivity contribution in [1.82, 2.24) is 5.43 Å². The predicted octanol–water partition coefficient (Wildman–Crippen LogP) is 5.15. The van der Waals surface area contributed by atoms with Gasteiger partial charge in [0.05, 0.1) is 5.71 Å². The molecule has 0 saturated heterocycles. The molecule has 0 aliphatic heterocycles. The third-order valence-corrected chi connectivity index (χ3v) is 4.76. The van der Waals surface area contributed by atoms with Gasteiger partial charge >= 0.3 is 0 Å². The molecule has 0 spiro atoms. The van der Waals surface area contributed by atoms with E-state index in [-0.39, 0.29) is 5.91 Å². The number of hydrogen-bond acceptors (Lipinski definition) is 2. The summed E-state index contributed by atoms with van der Waals surface area (Å²) in [7, 11) is 0. The molecule has 1 fully saturated rings. The number of benzene rings is 1. The van der Waals surface area contributed by atoms with Gasteiger partial charge in [0.1, 0.15) is 0 Å². The fourth-order valence-corrected chi connectivity index (χ4v) is 3.23. The van der Waals surface area contributed by atoms with Crippen molar-refractivity contribution in [2.75, 3.05) is 0 Å². The zero-order chi connectivity index (χ0) is 16.5. The van der Waals surface area contributed by atoms with Gasteiger partial charge in [0.15, 0.2) is 0 Å². The average molecular weight is 314 g/mol. The second-order valence-electron chi connectivity index (χ2n) is 6.65. The quantitative estimate of drug-likeness (QED) is 0.422. The molecule has 1 N–H and O–H groups in total. The smallest absolute Gasteiger partial charge is 0.240 e. The van der Waals surface area contributed by atoms with Gasteiger partial charge in [-0.25, -0.2) is 5.43 Å². The third kappa shape index (κ3) is 5.81. The first kappa shape index (κ1) is 17.7. The van der Waals surface area contributed by atoms with E-state index in [1.165, 1.54) is 37.7 Å². The van der Waals surface area contributed by atoms with Crippen LogP contribution in [0.25, 0.3) is 0 Å². The molecule has 0 aromatic heterocycles. The van der Waals surface area contributed by atoms with E-state index in [9.17, 15) is 4.79 Å². The minimum absolute atomic E-state index is 0.0108. The number of unbranched alkanes of at least 4 members (excludes halogenated alkanes) is 2. The fraction of sp³-hybridized carbons (Fsp3) is 0.600. The van der Waals surface area contributed by atoms with Gasteiger partial charge in [-0.2, -0.15) is 5.10 Å². The maximum absolute atomic E-state index is 11.7. The van der Waals surface area contributed by atoms with Crippen molar-refractivity contribution in [2.45, 2.75) is 77.6 Å². The standard InChI is InChI=1S/C20H30N2O/c1-3-4-6-11-20(23)22-21-16(2)17-12-14-19(15-13-17)18-9-7-5-8-10-18/h12-15,18H,3-11H2,1-2H3,(H,22,23). The SMILES string of the molecule is CCCCCC(=O)NN=C(C)c1ccc(C2CCCCC2)cc1. The monoisotopic (exact) mass is 314 g/mol. The summed E-state index contributed by atoms with van der Waals surface area (Å²) < 4.78 is 0. The van der Waals surface area contributed by atoms with Gasteiger partial charge in [0.2, 0.25) is 5.91 Å². The summed E-state index contributed by atoms with van der Waals surface area (Å²) in [5.74, 6) is 0.741. The van der Waals surface area contributed by atoms with Crippen molar-refractivity contribution >= 4 is 11.6 Å². The molecule has 0 atom stereocenters. The molecule has 1 aromatic rings. The normalized spacial score (nSPS) is 16.3. The van der Waals surface area contributed by atoms with Crippen molar-refractivity contribution in [3.8, 4) is 0 Å². The number of hydrogen-bond donors (Lipinski definition) is 1. The van der Waals surface area contributed by atoms with Crippen LogP contribution in [0.4, 0.5) is 0 Å². The van der Waals surface area contributed by atoms with E-state index in [0.29, 0.717) is 6.42 Å². The van der Waals surface area contributed by atoms with Gasteiger partial charge in [-0.05, 0) is 43.2 Å². The number of hydrazone groups is 1. The van der Waals surface area contributed by atoms with Gasteiger partial charge in [-0.1, -0.05) is 63.3 Å². The predicted molar refractivity (Wildman–Crippen MR) is 96.8 cm³/mol. The van der Waals surface area contributed by atoms with Crippen molar-refractivity contribution in [2.24, 2.45) is 5.10 Å². The fourth-order valence-electron chi connectivity index (χ4n) is 3.23. The molecule has 1 saturated carbocycles. The van der Waals surface area contributed by atoms with Crippen LogP contribution in [-0.2, 0) is 4.79 Å². The van der Waals surface area contributed by atoms with E-state index < -0.39 is 0 Å². The molecule has 0 radical (unpaired) electrons. The van der Waals surface area contributed by atoms with Crippen LogP contribution in [0.2, 0.25) is 0 Å². The van der Waals surface area contributed by atoms with Crippen LogP contribution in [0.5, 0.6) is 0 Å².